The lowest BCUT2D eigenvalue weighted by Crippen LogP contribution is -2.47. The van der Waals surface area contributed by atoms with Crippen LogP contribution in [-0.4, -0.2) is 37.7 Å². The van der Waals surface area contributed by atoms with E-state index in [1.807, 2.05) is 0 Å². The fourth-order valence-corrected chi connectivity index (χ4v) is 3.67. The van der Waals surface area contributed by atoms with Crippen LogP contribution in [0.15, 0.2) is 11.6 Å². The first-order valence-corrected chi connectivity index (χ1v) is 7.16. The van der Waals surface area contributed by atoms with Crippen molar-refractivity contribution in [3.63, 3.8) is 0 Å². The van der Waals surface area contributed by atoms with Crippen molar-refractivity contribution in [1.29, 1.82) is 0 Å². The number of fused-ring (bicyclic) bond motifs is 1. The summed E-state index contributed by atoms with van der Waals surface area (Å²) < 4.78 is 5.39. The van der Waals surface area contributed by atoms with Crippen LogP contribution in [0.25, 0.3) is 0 Å². The number of allylic oxidation sites excluding steroid dienone is 1. The van der Waals surface area contributed by atoms with Gasteiger partial charge in [0.25, 0.3) is 0 Å². The van der Waals surface area contributed by atoms with Gasteiger partial charge in [0.1, 0.15) is 0 Å². The summed E-state index contributed by atoms with van der Waals surface area (Å²) in [6, 6.07) is 0. The minimum absolute atomic E-state index is 0.600. The van der Waals surface area contributed by atoms with Gasteiger partial charge in [0.2, 0.25) is 0 Å². The van der Waals surface area contributed by atoms with Crippen LogP contribution < -0.4 is 0 Å². The van der Waals surface area contributed by atoms with Crippen LogP contribution in [0, 0.1) is 17.3 Å². The van der Waals surface area contributed by atoms with E-state index >= 15 is 0 Å². The number of nitrogens with zero attached hydrogens (tertiary/aromatic N) is 1. The quantitative estimate of drug-likeness (QED) is 0.697. The molecule has 2 fully saturated rings. The van der Waals surface area contributed by atoms with Gasteiger partial charge in [-0.1, -0.05) is 25.5 Å². The average Bonchev–Trinajstić information content (AvgIpc) is 2.38. The van der Waals surface area contributed by atoms with E-state index in [9.17, 15) is 0 Å². The van der Waals surface area contributed by atoms with E-state index in [0.717, 1.165) is 38.1 Å². The lowest BCUT2D eigenvalue weighted by Gasteiger charge is -2.55. The molecule has 1 aliphatic heterocycles. The van der Waals surface area contributed by atoms with Gasteiger partial charge in [-0.05, 0) is 36.5 Å². The first-order valence-electron chi connectivity index (χ1n) is 7.16. The van der Waals surface area contributed by atoms with Crippen LogP contribution in [0.1, 0.15) is 33.1 Å². The van der Waals surface area contributed by atoms with E-state index < -0.39 is 0 Å². The SMILES string of the molecule is CC1(C)[C@H]2CC(CCN3CCOCC3)=C[C@H]1C2. The molecule has 0 spiro atoms. The summed E-state index contributed by atoms with van der Waals surface area (Å²) in [5, 5.41) is 0. The van der Waals surface area contributed by atoms with Crippen LogP contribution in [-0.2, 0) is 4.74 Å². The van der Waals surface area contributed by atoms with Gasteiger partial charge in [-0.15, -0.1) is 0 Å². The van der Waals surface area contributed by atoms with Crippen LogP contribution in [0.3, 0.4) is 0 Å². The topological polar surface area (TPSA) is 12.5 Å². The van der Waals surface area contributed by atoms with Crippen molar-refractivity contribution in [3.05, 3.63) is 11.6 Å². The standard InChI is InChI=1S/C15H25NO/c1-15(2)13-9-12(10-14(15)11-13)3-4-16-5-7-17-8-6-16/h9,13-14H,3-8,10-11H2,1-2H3/t13-,14-/m0/s1. The lowest BCUT2D eigenvalue weighted by molar-refractivity contribution is -0.00298. The van der Waals surface area contributed by atoms with Crippen molar-refractivity contribution in [3.8, 4) is 0 Å². The molecule has 2 heteroatoms. The second-order valence-corrected chi connectivity index (χ2v) is 6.59. The van der Waals surface area contributed by atoms with Gasteiger partial charge >= 0.3 is 0 Å². The highest BCUT2D eigenvalue weighted by Crippen LogP contribution is 2.58. The summed E-state index contributed by atoms with van der Waals surface area (Å²) in [6.07, 6.45) is 6.71. The molecule has 2 atom stereocenters. The molecular formula is C15H25NO. The third kappa shape index (κ3) is 2.17. The first kappa shape index (κ1) is 11.7. The van der Waals surface area contributed by atoms with Crippen LogP contribution in [0.2, 0.25) is 0 Å². The molecule has 0 radical (unpaired) electrons. The Bertz CT molecular complexity index is 315. The molecular weight excluding hydrogens is 210 g/mol. The van der Waals surface area contributed by atoms with Crippen molar-refractivity contribution in [2.24, 2.45) is 17.3 Å². The summed E-state index contributed by atoms with van der Waals surface area (Å²) in [7, 11) is 0. The van der Waals surface area contributed by atoms with E-state index in [-0.39, 0.29) is 0 Å². The molecule has 0 amide bonds. The zero-order valence-corrected chi connectivity index (χ0v) is 11.2. The van der Waals surface area contributed by atoms with Crippen molar-refractivity contribution in [2.75, 3.05) is 32.8 Å². The Kier molecular flexibility index (Phi) is 3.04. The molecule has 1 saturated heterocycles. The smallest absolute Gasteiger partial charge is 0.0594 e. The van der Waals surface area contributed by atoms with Gasteiger partial charge in [0.05, 0.1) is 13.2 Å². The average molecular weight is 235 g/mol. The Hall–Kier alpha value is -0.340. The second kappa shape index (κ2) is 4.40. The van der Waals surface area contributed by atoms with Gasteiger partial charge in [-0.25, -0.2) is 0 Å². The molecule has 0 N–H and O–H groups in total. The van der Waals surface area contributed by atoms with Gasteiger partial charge in [0, 0.05) is 19.6 Å². The van der Waals surface area contributed by atoms with Crippen molar-refractivity contribution < 1.29 is 4.74 Å². The maximum atomic E-state index is 5.39. The fraction of sp³-hybridized carbons (Fsp3) is 0.867. The molecule has 2 bridgehead atoms. The van der Waals surface area contributed by atoms with Crippen molar-refractivity contribution in [1.82, 2.24) is 4.90 Å². The highest BCUT2D eigenvalue weighted by molar-refractivity contribution is 5.21. The van der Waals surface area contributed by atoms with Crippen molar-refractivity contribution >= 4 is 0 Å². The van der Waals surface area contributed by atoms with Gasteiger partial charge in [-0.2, -0.15) is 0 Å². The largest absolute Gasteiger partial charge is 0.379 e. The van der Waals surface area contributed by atoms with Crippen LogP contribution in [0.4, 0.5) is 0 Å². The summed E-state index contributed by atoms with van der Waals surface area (Å²) in [5.41, 5.74) is 2.33. The molecule has 0 aromatic rings. The van der Waals surface area contributed by atoms with Crippen LogP contribution in [0.5, 0.6) is 0 Å². The van der Waals surface area contributed by atoms with E-state index in [0.29, 0.717) is 5.41 Å². The summed E-state index contributed by atoms with van der Waals surface area (Å²) in [5.74, 6) is 1.85. The predicted molar refractivity (Wildman–Crippen MR) is 70.0 cm³/mol. The molecule has 96 valence electrons. The number of hydrogen-bond donors (Lipinski definition) is 0. The number of hydrogen-bond acceptors (Lipinski definition) is 2. The van der Waals surface area contributed by atoms with E-state index in [2.05, 4.69) is 24.8 Å². The molecule has 4 rings (SSSR count). The Morgan fingerprint density at radius 2 is 2.12 bits per heavy atom. The molecule has 0 aromatic carbocycles. The van der Waals surface area contributed by atoms with E-state index in [1.165, 1.54) is 25.8 Å². The second-order valence-electron chi connectivity index (χ2n) is 6.59. The normalized spacial score (nSPS) is 36.2. The Balaban J connectivity index is 1.50. The minimum Gasteiger partial charge on any atom is -0.379 e. The summed E-state index contributed by atoms with van der Waals surface area (Å²) in [4.78, 5) is 2.55. The first-order chi connectivity index (χ1) is 8.16. The zero-order chi connectivity index (χ0) is 11.9. The molecule has 4 aliphatic rings. The molecule has 1 saturated carbocycles. The molecule has 0 aromatic heterocycles. The van der Waals surface area contributed by atoms with Gasteiger partial charge < -0.3 is 4.74 Å². The zero-order valence-electron chi connectivity index (χ0n) is 11.2. The Labute approximate surface area is 105 Å². The van der Waals surface area contributed by atoms with Gasteiger partial charge in [0.15, 0.2) is 0 Å². The fourth-order valence-electron chi connectivity index (χ4n) is 3.67. The number of ether oxygens (including phenoxy) is 1. The maximum Gasteiger partial charge on any atom is 0.0594 e. The van der Waals surface area contributed by atoms with E-state index in [4.69, 9.17) is 4.74 Å². The Morgan fingerprint density at radius 3 is 2.71 bits per heavy atom. The molecule has 3 aliphatic carbocycles. The molecule has 2 nitrogen and oxygen atoms in total. The third-order valence-electron chi connectivity index (χ3n) is 5.34. The molecule has 0 unspecified atom stereocenters. The Morgan fingerprint density at radius 1 is 1.35 bits per heavy atom. The van der Waals surface area contributed by atoms with Gasteiger partial charge in [-0.3, -0.25) is 4.90 Å². The minimum atomic E-state index is 0.600. The van der Waals surface area contributed by atoms with Crippen LogP contribution >= 0.6 is 0 Å². The maximum absolute atomic E-state index is 5.39. The summed E-state index contributed by atoms with van der Waals surface area (Å²) in [6.45, 7) is 10.3. The van der Waals surface area contributed by atoms with E-state index in [1.54, 1.807) is 5.57 Å². The number of morpholine rings is 1. The highest BCUT2D eigenvalue weighted by Gasteiger charge is 2.49. The molecule has 17 heavy (non-hydrogen) atoms. The molecule has 1 heterocycles. The summed E-state index contributed by atoms with van der Waals surface area (Å²) >= 11 is 0. The predicted octanol–water partition coefficient (Wildman–Crippen LogP) is 2.70. The third-order valence-corrected chi connectivity index (χ3v) is 5.34. The number of rotatable bonds is 3. The lowest BCUT2D eigenvalue weighted by atomic mass is 9.50. The monoisotopic (exact) mass is 235 g/mol. The highest BCUT2D eigenvalue weighted by atomic mass is 16.5. The van der Waals surface area contributed by atoms with Crippen molar-refractivity contribution in [2.45, 2.75) is 33.1 Å².